The van der Waals surface area contributed by atoms with Crippen molar-refractivity contribution in [2.45, 2.75) is 0 Å². The van der Waals surface area contributed by atoms with Gasteiger partial charge in [-0.25, -0.2) is 0 Å². The van der Waals surface area contributed by atoms with Gasteiger partial charge in [-0.15, -0.1) is 0 Å². The van der Waals surface area contributed by atoms with E-state index in [0.717, 1.165) is 15.8 Å². The molecule has 2 nitrogen and oxygen atoms in total. The van der Waals surface area contributed by atoms with E-state index in [2.05, 4.69) is 53.5 Å². The molecule has 1 heterocycles. The quantitative estimate of drug-likeness (QED) is 0.522. The van der Waals surface area contributed by atoms with Crippen molar-refractivity contribution in [1.29, 1.82) is 0 Å². The Labute approximate surface area is 124 Å². The third kappa shape index (κ3) is 2.69. The maximum atomic E-state index is 5.89. The molecule has 3 heteroatoms. The Morgan fingerprint density at radius 3 is 2.00 bits per heavy atom. The molecule has 0 saturated carbocycles. The summed E-state index contributed by atoms with van der Waals surface area (Å²) in [5.74, 6) is 0.980. The Morgan fingerprint density at radius 1 is 0.800 bits per heavy atom. The topological polar surface area (TPSA) is 16.1 Å². The van der Waals surface area contributed by atoms with Crippen LogP contribution in [0.2, 0.25) is 0 Å². The molecule has 20 heavy (non-hydrogen) atoms. The third-order valence-corrected chi connectivity index (χ3v) is 5.17. The molecule has 0 N–H and O–H groups in total. The van der Waals surface area contributed by atoms with Gasteiger partial charge in [0, 0.05) is 0 Å². The van der Waals surface area contributed by atoms with Crippen molar-refractivity contribution in [2.75, 3.05) is 14.1 Å². The van der Waals surface area contributed by atoms with E-state index in [4.69, 9.17) is 4.42 Å². The van der Waals surface area contributed by atoms with Crippen LogP contribution in [-0.4, -0.2) is 28.6 Å². The van der Waals surface area contributed by atoms with Crippen LogP contribution < -0.4 is 9.00 Å². The van der Waals surface area contributed by atoms with Crippen molar-refractivity contribution in [3.63, 3.8) is 0 Å². The summed E-state index contributed by atoms with van der Waals surface area (Å²) in [6.07, 6.45) is 0. The number of benzene rings is 2. The van der Waals surface area contributed by atoms with Gasteiger partial charge in [0.25, 0.3) is 0 Å². The standard InChI is InChI=1S/C17H16NOSe/c1-18(2)17-19-16(12-20-17)15-10-8-14(9-11-15)13-6-4-3-5-7-13/h3-12H,1-2H3/q+1. The first-order chi connectivity index (χ1) is 9.74. The second-order valence-electron chi connectivity index (χ2n) is 4.81. The summed E-state index contributed by atoms with van der Waals surface area (Å²) in [5.41, 5.74) is 3.61. The molecule has 100 valence electrons. The fourth-order valence-electron chi connectivity index (χ4n) is 2.03. The molecular formula is C17H16NOSe+. The van der Waals surface area contributed by atoms with Crippen LogP contribution in [0.25, 0.3) is 22.5 Å². The van der Waals surface area contributed by atoms with E-state index in [1.807, 2.05) is 24.7 Å². The Morgan fingerprint density at radius 2 is 1.40 bits per heavy atom. The first kappa shape index (κ1) is 13.2. The summed E-state index contributed by atoms with van der Waals surface area (Å²) in [5, 5.41) is 0. The zero-order valence-electron chi connectivity index (χ0n) is 11.5. The third-order valence-electron chi connectivity index (χ3n) is 3.11. The average molecular weight is 329 g/mol. The summed E-state index contributed by atoms with van der Waals surface area (Å²) in [4.78, 5) is 2.19. The monoisotopic (exact) mass is 330 g/mol. The van der Waals surface area contributed by atoms with Crippen LogP contribution >= 0.6 is 0 Å². The summed E-state index contributed by atoms with van der Waals surface area (Å²) in [7, 11) is 4.04. The minimum atomic E-state index is 0.303. The average Bonchev–Trinajstić information content (AvgIpc) is 2.98. The van der Waals surface area contributed by atoms with Crippen molar-refractivity contribution in [3.8, 4) is 22.5 Å². The van der Waals surface area contributed by atoms with Crippen molar-refractivity contribution < 1.29 is 4.42 Å². The summed E-state index contributed by atoms with van der Waals surface area (Å²) in [6.45, 7) is 0. The first-order valence-electron chi connectivity index (χ1n) is 6.49. The van der Waals surface area contributed by atoms with Crippen molar-refractivity contribution in [3.05, 3.63) is 64.0 Å². The predicted molar refractivity (Wildman–Crippen MR) is 83.6 cm³/mol. The molecule has 0 unspecified atom stereocenters. The van der Waals surface area contributed by atoms with E-state index in [-0.39, 0.29) is 0 Å². The van der Waals surface area contributed by atoms with Crippen molar-refractivity contribution >= 4 is 14.5 Å². The van der Waals surface area contributed by atoms with E-state index in [1.165, 1.54) is 11.1 Å². The molecule has 1 aromatic heterocycles. The molecule has 0 atom stereocenters. The molecule has 0 aliphatic rings. The number of rotatable bonds is 2. The zero-order chi connectivity index (χ0) is 13.9. The molecule has 0 bridgehead atoms. The van der Waals surface area contributed by atoms with Crippen LogP contribution in [0.5, 0.6) is 0 Å². The van der Waals surface area contributed by atoms with Gasteiger partial charge in [0.2, 0.25) is 0 Å². The number of hydrogen-bond acceptors (Lipinski definition) is 1. The maximum absolute atomic E-state index is 5.89. The second-order valence-corrected chi connectivity index (χ2v) is 6.53. The molecule has 3 aromatic rings. The van der Waals surface area contributed by atoms with Crippen LogP contribution in [0.4, 0.5) is 0 Å². The van der Waals surface area contributed by atoms with Gasteiger partial charge in [0.1, 0.15) is 0 Å². The van der Waals surface area contributed by atoms with Crippen LogP contribution in [-0.2, 0) is 0 Å². The van der Waals surface area contributed by atoms with E-state index in [1.54, 1.807) is 0 Å². The number of hydrogen-bond donors (Lipinski definition) is 0. The Balaban J connectivity index is 1.95. The molecular weight excluding hydrogens is 313 g/mol. The van der Waals surface area contributed by atoms with Crippen LogP contribution in [0.3, 0.4) is 0 Å². The van der Waals surface area contributed by atoms with Gasteiger partial charge in [-0.3, -0.25) is 0 Å². The molecule has 2 aromatic carbocycles. The minimum absolute atomic E-state index is 0.303. The molecule has 0 spiro atoms. The first-order valence-corrected chi connectivity index (χ1v) is 8.33. The van der Waals surface area contributed by atoms with Crippen molar-refractivity contribution in [2.24, 2.45) is 0 Å². The van der Waals surface area contributed by atoms with E-state index < -0.39 is 0 Å². The van der Waals surface area contributed by atoms with Crippen LogP contribution in [0.15, 0.2) is 64.0 Å². The molecule has 0 amide bonds. The molecule has 0 aliphatic carbocycles. The molecule has 0 saturated heterocycles. The fraction of sp³-hybridized carbons (Fsp3) is 0.118. The van der Waals surface area contributed by atoms with Gasteiger partial charge in [-0.1, -0.05) is 0 Å². The van der Waals surface area contributed by atoms with Gasteiger partial charge in [-0.05, 0) is 0 Å². The van der Waals surface area contributed by atoms with Gasteiger partial charge in [0.05, 0.1) is 0 Å². The zero-order valence-corrected chi connectivity index (χ0v) is 13.3. The molecule has 3 rings (SSSR count). The second kappa shape index (κ2) is 5.66. The molecule has 0 radical (unpaired) electrons. The fourth-order valence-corrected chi connectivity index (χ4v) is 3.58. The predicted octanol–water partition coefficient (Wildman–Crippen LogP) is 2.70. The van der Waals surface area contributed by atoms with Crippen molar-refractivity contribution in [1.82, 2.24) is 4.58 Å². The Bertz CT molecular complexity index is 763. The van der Waals surface area contributed by atoms with Gasteiger partial charge in [-0.2, -0.15) is 0 Å². The Hall–Kier alpha value is -1.83. The van der Waals surface area contributed by atoms with E-state index in [9.17, 15) is 0 Å². The molecule has 0 aliphatic heterocycles. The van der Waals surface area contributed by atoms with Crippen LogP contribution in [0, 0.1) is 0 Å². The summed E-state index contributed by atoms with van der Waals surface area (Å²) in [6, 6.07) is 19.0. The van der Waals surface area contributed by atoms with Gasteiger partial charge < -0.3 is 0 Å². The van der Waals surface area contributed by atoms with Crippen LogP contribution in [0.1, 0.15) is 0 Å². The van der Waals surface area contributed by atoms with Gasteiger partial charge in [0.15, 0.2) is 0 Å². The summed E-state index contributed by atoms with van der Waals surface area (Å²) >= 11 is 0.303. The normalized spacial score (nSPS) is 10.5. The Kier molecular flexibility index (Phi) is 3.72. The SMILES string of the molecule is C[N+](C)=c1oc(-c2ccc(-c3ccccc3)cc2)c[se]1. The van der Waals surface area contributed by atoms with E-state index in [0.29, 0.717) is 14.5 Å². The number of nitrogens with zero attached hydrogens (tertiary/aromatic N) is 1. The summed E-state index contributed by atoms with van der Waals surface area (Å²) < 4.78 is 8.98. The van der Waals surface area contributed by atoms with Gasteiger partial charge >= 0.3 is 124 Å². The molecule has 0 fully saturated rings. The van der Waals surface area contributed by atoms with E-state index >= 15 is 0 Å².